The van der Waals surface area contributed by atoms with Crippen molar-refractivity contribution >= 4 is 88.7 Å². The van der Waals surface area contributed by atoms with E-state index in [1.807, 2.05) is 60.7 Å². The van der Waals surface area contributed by atoms with Gasteiger partial charge in [0, 0.05) is 27.2 Å². The summed E-state index contributed by atoms with van der Waals surface area (Å²) in [4.78, 5) is 4.52. The number of hydrogen-bond donors (Lipinski definition) is 4. The van der Waals surface area contributed by atoms with Crippen molar-refractivity contribution in [1.29, 1.82) is 10.5 Å². The molecule has 6 rings (SSSR count). The Labute approximate surface area is 304 Å². The zero-order valence-electron chi connectivity index (χ0n) is 26.6. The van der Waals surface area contributed by atoms with Gasteiger partial charge in [-0.05, 0) is 66.9 Å². The summed E-state index contributed by atoms with van der Waals surface area (Å²) < 4.78 is 38.2. The average Bonchev–Trinajstić information content (AvgIpc) is 3.55. The number of rotatable bonds is 12. The van der Waals surface area contributed by atoms with Crippen molar-refractivity contribution in [2.45, 2.75) is 16.7 Å². The molecule has 4 N–H and O–H groups in total. The summed E-state index contributed by atoms with van der Waals surface area (Å²) in [5.41, 5.74) is 3.00. The molecule has 0 saturated carbocycles. The number of nitriles is 2. The quantitative estimate of drug-likeness (QED) is 0.0301. The van der Waals surface area contributed by atoms with Crippen molar-refractivity contribution < 1.29 is 27.6 Å². The molecule has 52 heavy (non-hydrogen) atoms. The van der Waals surface area contributed by atoms with Crippen LogP contribution in [0.4, 0.5) is 44.4 Å². The van der Waals surface area contributed by atoms with E-state index in [9.17, 15) is 23.5 Å². The van der Waals surface area contributed by atoms with Gasteiger partial charge in [-0.3, -0.25) is 4.55 Å². The van der Waals surface area contributed by atoms with E-state index in [0.29, 0.717) is 45.3 Å². The molecule has 0 aliphatic heterocycles. The van der Waals surface area contributed by atoms with E-state index in [2.05, 4.69) is 52.6 Å². The topological polar surface area (TPSA) is 227 Å². The molecule has 15 nitrogen and oxygen atoms in total. The zero-order valence-corrected chi connectivity index (χ0v) is 29.1. The minimum atomic E-state index is -4.62. The molecule has 0 bridgehead atoms. The van der Waals surface area contributed by atoms with E-state index in [1.165, 1.54) is 30.3 Å². The number of aromatic nitrogens is 1. The van der Waals surface area contributed by atoms with Crippen LogP contribution in [-0.4, -0.2) is 23.2 Å². The second kappa shape index (κ2) is 15.9. The summed E-state index contributed by atoms with van der Waals surface area (Å²) >= 11 is 1.56. The van der Waals surface area contributed by atoms with E-state index in [0.717, 1.165) is 28.8 Å². The summed E-state index contributed by atoms with van der Waals surface area (Å²) in [6.07, 6.45) is 0. The normalized spacial score (nSPS) is 11.6. The van der Waals surface area contributed by atoms with Crippen LogP contribution >= 0.6 is 23.4 Å². The minimum absolute atomic E-state index is 0.179. The molecule has 18 heteroatoms. The molecule has 0 radical (unpaired) electrons. The van der Waals surface area contributed by atoms with Gasteiger partial charge in [0.1, 0.15) is 27.7 Å². The molecule has 0 atom stereocenters. The molecule has 0 unspecified atom stereocenters. The highest BCUT2D eigenvalue weighted by molar-refractivity contribution is 7.94. The Hall–Kier alpha value is -6.09. The highest BCUT2D eigenvalue weighted by Crippen LogP contribution is 2.41. The highest BCUT2D eigenvalue weighted by Gasteiger charge is 2.20. The van der Waals surface area contributed by atoms with Crippen LogP contribution in [0.15, 0.2) is 127 Å². The van der Waals surface area contributed by atoms with Crippen LogP contribution in [0.3, 0.4) is 0 Å². The maximum absolute atomic E-state index is 12.0. The van der Waals surface area contributed by atoms with Crippen LogP contribution in [0, 0.1) is 29.6 Å². The third-order valence-corrected chi connectivity index (χ3v) is 9.59. The van der Waals surface area contributed by atoms with E-state index < -0.39 is 10.1 Å². The molecule has 2 heterocycles. The highest BCUT2D eigenvalue weighted by atomic mass is 32.2. The number of hydrogen-bond acceptors (Lipinski definition) is 16. The number of azo groups is 2. The van der Waals surface area contributed by atoms with Crippen molar-refractivity contribution in [2.24, 2.45) is 20.5 Å². The van der Waals surface area contributed by atoms with Crippen LogP contribution < -0.4 is 10.6 Å². The minimum Gasteiger partial charge on any atom is -0.339 e. The van der Waals surface area contributed by atoms with E-state index in [-0.39, 0.29) is 37.0 Å². The Morgan fingerprint density at radius 3 is 2.17 bits per heavy atom. The average molecular weight is 750 g/mol. The van der Waals surface area contributed by atoms with Crippen LogP contribution in [0.5, 0.6) is 0 Å². The number of thiophene rings is 1. The molecule has 0 aliphatic rings. The number of benzene rings is 4. The molecule has 0 amide bonds. The van der Waals surface area contributed by atoms with Gasteiger partial charge in [-0.25, -0.2) is 10.2 Å². The van der Waals surface area contributed by atoms with Crippen molar-refractivity contribution in [3.05, 3.63) is 114 Å². The number of para-hydroxylation sites is 2. The van der Waals surface area contributed by atoms with Gasteiger partial charge in [0.2, 0.25) is 0 Å². The Morgan fingerprint density at radius 2 is 1.54 bits per heavy atom. The van der Waals surface area contributed by atoms with Gasteiger partial charge in [0.05, 0.1) is 28.9 Å². The summed E-state index contributed by atoms with van der Waals surface area (Å²) in [6, 6.07) is 31.6. The summed E-state index contributed by atoms with van der Waals surface area (Å²) in [5.74, 6) is 0.649. The monoisotopic (exact) mass is 749 g/mol. The second-order valence-electron chi connectivity index (χ2n) is 10.6. The summed E-state index contributed by atoms with van der Waals surface area (Å²) in [7, 11) is -4.62. The fourth-order valence-corrected chi connectivity index (χ4v) is 6.91. The molecule has 4 aromatic carbocycles. The van der Waals surface area contributed by atoms with Gasteiger partial charge in [-0.2, -0.15) is 18.9 Å². The Morgan fingerprint density at radius 1 is 0.846 bits per heavy atom. The molecule has 0 spiro atoms. The van der Waals surface area contributed by atoms with Gasteiger partial charge >= 0.3 is 0 Å². The number of nitrogens with one attached hydrogen (secondary N) is 2. The first-order chi connectivity index (χ1) is 25.2. The molecule has 0 fully saturated rings. The van der Waals surface area contributed by atoms with Gasteiger partial charge in [0.15, 0.2) is 16.6 Å². The van der Waals surface area contributed by atoms with Gasteiger partial charge in [-0.1, -0.05) is 58.8 Å². The predicted molar refractivity (Wildman–Crippen MR) is 195 cm³/mol. The zero-order chi connectivity index (χ0) is 36.7. The van der Waals surface area contributed by atoms with Crippen molar-refractivity contribution in [3.8, 4) is 12.1 Å². The number of nitrogens with zero attached hydrogens (tertiary/aromatic N) is 7. The molecular weight excluding hydrogens is 727 g/mol. The summed E-state index contributed by atoms with van der Waals surface area (Å²) in [6.45, 7) is 1.73. The van der Waals surface area contributed by atoms with Gasteiger partial charge in [0.25, 0.3) is 10.1 Å². The largest absolute Gasteiger partial charge is 0.339 e. The standard InChI is InChI=1S/C34H23N9O6S3/c1-20-28(19-36)32(37-23-8-4-2-5-9-23)39-33(38-24-10-6-3-7-11-24)31(20)42-43-34-22(18-35)16-30(50-34)41-40-25-12-13-27-21(14-25)15-26(51-49-48-44)17-29(27)52(45,46)47/h2-17,44H,1H3,(H2,37,38,39)(H,45,46,47)/b41-40+,43-42+. The lowest BCUT2D eigenvalue weighted by Crippen LogP contribution is -2.04. The molecule has 6 aromatic rings. The van der Waals surface area contributed by atoms with E-state index >= 15 is 0 Å². The lowest BCUT2D eigenvalue weighted by Gasteiger charge is -2.15. The Bertz CT molecular complexity index is 2530. The van der Waals surface area contributed by atoms with Crippen molar-refractivity contribution in [1.82, 2.24) is 4.98 Å². The maximum atomic E-state index is 12.0. The van der Waals surface area contributed by atoms with Gasteiger partial charge in [-0.15, -0.1) is 24.8 Å². The van der Waals surface area contributed by atoms with Crippen LogP contribution in [0.1, 0.15) is 16.7 Å². The smallest absolute Gasteiger partial charge is 0.295 e. The van der Waals surface area contributed by atoms with Gasteiger partial charge < -0.3 is 10.6 Å². The Kier molecular flexibility index (Phi) is 10.9. The fourth-order valence-electron chi connectivity index (χ4n) is 4.90. The first-order valence-corrected chi connectivity index (χ1v) is 17.8. The lowest BCUT2D eigenvalue weighted by atomic mass is 10.1. The lowest BCUT2D eigenvalue weighted by molar-refractivity contribution is -0.432. The second-order valence-corrected chi connectivity index (χ2v) is 13.8. The molecule has 2 aromatic heterocycles. The third-order valence-electron chi connectivity index (χ3n) is 7.23. The van der Waals surface area contributed by atoms with Crippen molar-refractivity contribution in [2.75, 3.05) is 10.6 Å². The number of anilines is 4. The Balaban J connectivity index is 1.34. The van der Waals surface area contributed by atoms with Crippen molar-refractivity contribution in [3.63, 3.8) is 0 Å². The summed E-state index contributed by atoms with van der Waals surface area (Å²) in [5, 5.41) is 57.0. The number of fused-ring (bicyclic) bond motifs is 1. The maximum Gasteiger partial charge on any atom is 0.295 e. The van der Waals surface area contributed by atoms with Crippen LogP contribution in [0.2, 0.25) is 0 Å². The molecular formula is C34H23N9O6S3. The number of pyridine rings is 1. The van der Waals surface area contributed by atoms with Crippen LogP contribution in [0.25, 0.3) is 10.8 Å². The molecule has 0 aliphatic carbocycles. The molecule has 258 valence electrons. The van der Waals surface area contributed by atoms with Crippen LogP contribution in [-0.2, 0) is 19.5 Å². The first kappa shape index (κ1) is 35.7. The predicted octanol–water partition coefficient (Wildman–Crippen LogP) is 10.3. The third kappa shape index (κ3) is 8.26. The van der Waals surface area contributed by atoms with E-state index in [1.54, 1.807) is 6.92 Å². The molecule has 0 saturated heterocycles. The SMILES string of the molecule is Cc1c(C#N)c(Nc2ccccc2)nc(Nc2ccccc2)c1/N=N/c1sc(/N=N/c2ccc3c(S(=O)(=O)O)cc(SOOO)cc3c2)cc1C#N. The first-order valence-electron chi connectivity index (χ1n) is 14.8. The fraction of sp³-hybridized carbons (Fsp3) is 0.0294. The van der Waals surface area contributed by atoms with E-state index in [4.69, 9.17) is 10.2 Å².